The second kappa shape index (κ2) is 30.5. The Kier molecular flexibility index (Phi) is 23.6. The molecule has 2 aliphatic heterocycles. The molecule has 2 aromatic carbocycles. The van der Waals surface area contributed by atoms with Gasteiger partial charge in [0, 0.05) is 128 Å². The van der Waals surface area contributed by atoms with Gasteiger partial charge < -0.3 is 47.6 Å². The van der Waals surface area contributed by atoms with Gasteiger partial charge in [0.25, 0.3) is 5.56 Å². The maximum absolute atomic E-state index is 13.7. The van der Waals surface area contributed by atoms with E-state index in [1.54, 1.807) is 21.3 Å². The van der Waals surface area contributed by atoms with E-state index in [1.165, 1.54) is 10.9 Å². The summed E-state index contributed by atoms with van der Waals surface area (Å²) in [5.41, 5.74) is 6.68. The van der Waals surface area contributed by atoms with E-state index < -0.39 is 5.60 Å². The number of carbonyl (C=O) groups is 4. The zero-order chi connectivity index (χ0) is 58.3. The Labute approximate surface area is 510 Å². The molecule has 83 heavy (non-hydrogen) atoms. The number of benzene rings is 2. The summed E-state index contributed by atoms with van der Waals surface area (Å²) < 4.78 is 4.92. The predicted molar refractivity (Wildman–Crippen MR) is 322 cm³/mol. The van der Waals surface area contributed by atoms with E-state index in [9.17, 15) is 29.1 Å². The molecule has 0 radical (unpaired) electrons. The molecule has 18 nitrogen and oxygen atoms in total. The molecule has 0 unspecified atom stereocenters. The van der Waals surface area contributed by atoms with Gasteiger partial charge in [-0.1, -0.05) is 123 Å². The Morgan fingerprint density at radius 2 is 1.51 bits per heavy atom. The van der Waals surface area contributed by atoms with Crippen molar-refractivity contribution in [1.82, 2.24) is 59.8 Å². The van der Waals surface area contributed by atoms with Crippen molar-refractivity contribution in [3.63, 3.8) is 0 Å². The van der Waals surface area contributed by atoms with Gasteiger partial charge in [0.2, 0.25) is 17.7 Å². The van der Waals surface area contributed by atoms with Crippen LogP contribution in [0.25, 0.3) is 32.9 Å². The van der Waals surface area contributed by atoms with Crippen LogP contribution in [-0.2, 0) is 79.9 Å². The molecule has 5 N–H and O–H groups in total. The van der Waals surface area contributed by atoms with E-state index in [0.717, 1.165) is 108 Å². The number of aromatic amines is 1. The SMILES string of the molecule is C=C(Cl)/C(Cl)=c1/[nH]c2c(/c1=C(/C)c1ccn(CCNC(=O)CCCCCCCCCC(=O)NCCCNCc3ccc(-c4c5ncn(CC6(O)CCN(C(=O)C[C@@H](C)c7ccccc7)CC6)c(=O)c5nn4C)cc3)n1)CN(C([CH2-])=O)CC2.[Mo]. The largest absolute Gasteiger partial charge is 0.388 e. The number of halogens is 2. The number of fused-ring (bicyclic) bond motifs is 2. The molecule has 1 atom stereocenters. The molecule has 1 fully saturated rings. The van der Waals surface area contributed by atoms with Gasteiger partial charge in [-0.05, 0) is 74.3 Å². The van der Waals surface area contributed by atoms with E-state index in [1.807, 2.05) is 78.7 Å². The van der Waals surface area contributed by atoms with Crippen molar-refractivity contribution < 1.29 is 45.3 Å². The minimum atomic E-state index is -1.15. The van der Waals surface area contributed by atoms with Gasteiger partial charge in [-0.2, -0.15) is 10.2 Å². The molecule has 21 heteroatoms. The van der Waals surface area contributed by atoms with Crippen molar-refractivity contribution in [2.24, 2.45) is 7.05 Å². The summed E-state index contributed by atoms with van der Waals surface area (Å²) in [6.07, 6.45) is 13.8. The van der Waals surface area contributed by atoms with E-state index in [-0.39, 0.29) is 73.3 Å². The fourth-order valence-corrected chi connectivity index (χ4v) is 11.3. The Balaban J connectivity index is 0.00000990. The van der Waals surface area contributed by atoms with Crippen LogP contribution in [0.5, 0.6) is 0 Å². The number of H-pyrrole nitrogens is 1. The molecule has 0 bridgehead atoms. The predicted octanol–water partition coefficient (Wildman–Crippen LogP) is 6.83. The summed E-state index contributed by atoms with van der Waals surface area (Å²) >= 11 is 12.9. The van der Waals surface area contributed by atoms with Crippen LogP contribution in [0.2, 0.25) is 0 Å². The maximum atomic E-state index is 13.7. The number of amides is 4. The fraction of sp³-hybridized carbons (Fsp3) is 0.468. The molecule has 2 aliphatic rings. The number of unbranched alkanes of at least 4 members (excludes halogenated alkanes) is 6. The summed E-state index contributed by atoms with van der Waals surface area (Å²) in [4.78, 5) is 75.6. The van der Waals surface area contributed by atoms with Gasteiger partial charge in [-0.25, -0.2) is 4.98 Å². The number of nitrogens with zero attached hydrogens (tertiary/aromatic N) is 8. The Hall–Kier alpha value is -6.30. The third kappa shape index (κ3) is 17.2. The van der Waals surface area contributed by atoms with Crippen LogP contribution in [0, 0.1) is 6.92 Å². The number of hydrogen-bond donors (Lipinski definition) is 5. The van der Waals surface area contributed by atoms with Crippen LogP contribution in [0.3, 0.4) is 0 Å². The minimum Gasteiger partial charge on any atom is -0.388 e. The smallest absolute Gasteiger partial charge is 0.281 e. The first-order valence-electron chi connectivity index (χ1n) is 28.9. The molecule has 8 rings (SSSR count). The molecule has 4 amide bonds. The quantitative estimate of drug-likeness (QED) is 0.0206. The number of aromatic nitrogens is 7. The van der Waals surface area contributed by atoms with Crippen molar-refractivity contribution in [2.75, 3.05) is 39.3 Å². The molecule has 444 valence electrons. The number of allylic oxidation sites excluding steroid dienone is 1. The topological polar surface area (TPSA) is 217 Å². The summed E-state index contributed by atoms with van der Waals surface area (Å²) in [6, 6.07) is 20.0. The van der Waals surface area contributed by atoms with Gasteiger partial charge in [0.15, 0.2) is 5.52 Å². The van der Waals surface area contributed by atoms with Crippen LogP contribution in [0.1, 0.15) is 131 Å². The summed E-state index contributed by atoms with van der Waals surface area (Å²) in [5.74, 6) is 0.0379. The van der Waals surface area contributed by atoms with Crippen molar-refractivity contribution >= 4 is 68.5 Å². The molecule has 0 aliphatic carbocycles. The van der Waals surface area contributed by atoms with E-state index >= 15 is 0 Å². The first kappa shape index (κ1) is 64.3. The van der Waals surface area contributed by atoms with Crippen LogP contribution < -0.4 is 32.1 Å². The third-order valence-electron chi connectivity index (χ3n) is 15.9. The number of hydrogen-bond acceptors (Lipinski definition) is 10. The standard InChI is InChI=1S/C62H79Cl2N12O6.Mo/c1-42(47-17-12-11-13-18-47)37-54(80)73-34-27-62(82,28-35-73)40-75-41-68-58-59(61(75)81)71-72(5)60(58)48-23-21-46(22-24-48)38-65-29-16-30-66-52(78)19-14-9-7-6-8-10-15-20-53(79)67-31-36-76-33-26-50(70-76)43(2)55-49-39-74(45(4)77)32-25-51(49)69-57(55)56(64)44(3)63;/h11-13,17-18,21-24,26,33,41-42,65,69,82H,3-4,6-10,14-16,19-20,25,27-32,34-40H2,1-2,5H3,(H,66,78)(H,67,79);/q-1;/b55-43+,57-56-;/t42-;/m1./s1. The first-order valence-corrected chi connectivity index (χ1v) is 29.6. The second-order valence-electron chi connectivity index (χ2n) is 22.1. The first-order chi connectivity index (χ1) is 39.5. The number of likely N-dealkylation sites (tertiary alicyclic amines) is 1. The molecule has 6 aromatic rings. The summed E-state index contributed by atoms with van der Waals surface area (Å²) in [6.45, 7) is 16.3. The van der Waals surface area contributed by atoms with Crippen LogP contribution >= 0.6 is 23.2 Å². The van der Waals surface area contributed by atoms with Gasteiger partial charge in [-0.15, -0.1) is 0 Å². The number of piperidine rings is 1. The van der Waals surface area contributed by atoms with Gasteiger partial charge >= 0.3 is 0 Å². The molecular weight excluding hydrogens is 1180 g/mol. The average Bonchev–Trinajstić information content (AvgIpc) is 4.35. The molecule has 4 aromatic heterocycles. The Morgan fingerprint density at radius 3 is 2.17 bits per heavy atom. The van der Waals surface area contributed by atoms with Crippen LogP contribution in [0.15, 0.2) is 89.6 Å². The van der Waals surface area contributed by atoms with Crippen LogP contribution in [-0.4, -0.2) is 118 Å². The number of aliphatic hydroxyl groups is 1. The van der Waals surface area contributed by atoms with Crippen molar-refractivity contribution in [2.45, 2.75) is 141 Å². The number of rotatable bonds is 27. The van der Waals surface area contributed by atoms with E-state index in [0.29, 0.717) is 107 Å². The molecular formula is C62H79Cl2MoN12O6-. The van der Waals surface area contributed by atoms with Gasteiger partial charge in [0.05, 0.1) is 57.7 Å². The number of nitrogens with one attached hydrogen (secondary N) is 4. The summed E-state index contributed by atoms with van der Waals surface area (Å²) in [5, 5.41) is 32.4. The van der Waals surface area contributed by atoms with Gasteiger partial charge in [0.1, 0.15) is 5.52 Å². The molecule has 0 spiro atoms. The normalized spacial score (nSPS) is 15.1. The van der Waals surface area contributed by atoms with Crippen molar-refractivity contribution in [1.29, 1.82) is 0 Å². The van der Waals surface area contributed by atoms with Crippen molar-refractivity contribution in [3.8, 4) is 11.3 Å². The second-order valence-corrected chi connectivity index (χ2v) is 22.9. The van der Waals surface area contributed by atoms with E-state index in [4.69, 9.17) is 28.3 Å². The number of aryl methyl sites for hydroxylation is 1. The Morgan fingerprint density at radius 1 is 0.843 bits per heavy atom. The molecule has 0 saturated carbocycles. The van der Waals surface area contributed by atoms with Crippen LogP contribution in [0.4, 0.5) is 0 Å². The summed E-state index contributed by atoms with van der Waals surface area (Å²) in [7, 11) is 1.80. The fourth-order valence-electron chi connectivity index (χ4n) is 11.1. The number of carbonyl (C=O) groups excluding carboxylic acids is 4. The Bertz CT molecular complexity index is 3400. The monoisotopic (exact) mass is 1260 g/mol. The zero-order valence-corrected chi connectivity index (χ0v) is 51.6. The molecule has 6 heterocycles. The van der Waals surface area contributed by atoms with Crippen molar-refractivity contribution in [3.05, 3.63) is 141 Å². The van der Waals surface area contributed by atoms with E-state index in [2.05, 4.69) is 51.4 Å². The average molecular weight is 1260 g/mol. The molecule has 1 saturated heterocycles. The maximum Gasteiger partial charge on any atom is 0.281 e. The minimum absolute atomic E-state index is 0. The zero-order valence-electron chi connectivity index (χ0n) is 48.1. The van der Waals surface area contributed by atoms with Gasteiger partial charge in [-0.3, -0.25) is 33.1 Å². The third-order valence-corrected chi connectivity index (χ3v) is 16.6.